The maximum Gasteiger partial charge on any atom is 0.140 e. The fourth-order valence-corrected chi connectivity index (χ4v) is 9.26. The molecule has 7 rings (SSSR count). The molecule has 3 aliphatic carbocycles. The van der Waals surface area contributed by atoms with Gasteiger partial charge in [-0.1, -0.05) is 25.1 Å². The molecule has 2 aromatic rings. The third-order valence-corrected chi connectivity index (χ3v) is 11.2. The Hall–Kier alpha value is -1.86. The van der Waals surface area contributed by atoms with Crippen LogP contribution in [0.5, 0.6) is 0 Å². The molecule has 2 saturated carbocycles. The number of alkyl halides is 1. The topological polar surface area (TPSA) is 65.8 Å². The van der Waals surface area contributed by atoms with Crippen LogP contribution >= 0.6 is 0 Å². The summed E-state index contributed by atoms with van der Waals surface area (Å²) in [5.41, 5.74) is -0.519. The van der Waals surface area contributed by atoms with Crippen LogP contribution in [-0.2, 0) is 4.74 Å². The van der Waals surface area contributed by atoms with Crippen molar-refractivity contribution in [3.63, 3.8) is 0 Å². The van der Waals surface area contributed by atoms with Crippen molar-refractivity contribution in [2.75, 3.05) is 14.1 Å². The number of ether oxygens (including phenoxy) is 1. The van der Waals surface area contributed by atoms with Crippen LogP contribution in [0, 0.1) is 17.3 Å². The molecule has 0 amide bonds. The van der Waals surface area contributed by atoms with Crippen molar-refractivity contribution >= 4 is 16.3 Å². The van der Waals surface area contributed by atoms with Crippen molar-refractivity contribution in [2.45, 2.75) is 87.0 Å². The molecule has 5 nitrogen and oxygen atoms in total. The zero-order chi connectivity index (χ0) is 25.1. The number of pyridine rings is 1. The SMILES string of the molecule is CN(C)C1CC23CCC4(O2)C2CC=C(c5ccc6cnccc6c5)C2(C)CCC4(F)CC3C(O)C1O. The highest BCUT2D eigenvalue weighted by Gasteiger charge is 2.77. The average molecular weight is 493 g/mol. The van der Waals surface area contributed by atoms with E-state index in [0.29, 0.717) is 19.3 Å². The molecule has 2 spiro atoms. The molecule has 3 heterocycles. The van der Waals surface area contributed by atoms with Crippen LogP contribution in [0.15, 0.2) is 42.7 Å². The molecule has 36 heavy (non-hydrogen) atoms. The van der Waals surface area contributed by atoms with Gasteiger partial charge in [-0.05, 0) is 93.1 Å². The van der Waals surface area contributed by atoms with E-state index in [-0.39, 0.29) is 29.7 Å². The molecule has 192 valence electrons. The lowest BCUT2D eigenvalue weighted by molar-refractivity contribution is -0.314. The molecule has 4 fully saturated rings. The van der Waals surface area contributed by atoms with E-state index in [1.165, 1.54) is 16.5 Å². The van der Waals surface area contributed by atoms with Crippen LogP contribution in [0.1, 0.15) is 57.4 Å². The predicted molar refractivity (Wildman–Crippen MR) is 137 cm³/mol. The Kier molecular flexibility index (Phi) is 4.77. The average Bonchev–Trinajstić information content (AvgIpc) is 3.39. The minimum atomic E-state index is -1.48. The van der Waals surface area contributed by atoms with E-state index in [1.807, 2.05) is 31.4 Å². The number of aliphatic hydroxyl groups excluding tert-OH is 2. The van der Waals surface area contributed by atoms with Gasteiger partial charge in [0.25, 0.3) is 0 Å². The van der Waals surface area contributed by atoms with Crippen LogP contribution < -0.4 is 0 Å². The molecule has 9 atom stereocenters. The number of hydrogen-bond donors (Lipinski definition) is 2. The summed E-state index contributed by atoms with van der Waals surface area (Å²) in [5.74, 6) is -0.300. The predicted octanol–water partition coefficient (Wildman–Crippen LogP) is 4.51. The van der Waals surface area contributed by atoms with Gasteiger partial charge < -0.3 is 19.8 Å². The fourth-order valence-electron chi connectivity index (χ4n) is 9.26. The number of nitrogens with zero attached hydrogens (tertiary/aromatic N) is 2. The van der Waals surface area contributed by atoms with Crippen molar-refractivity contribution in [3.05, 3.63) is 48.3 Å². The van der Waals surface area contributed by atoms with Gasteiger partial charge in [0.05, 0.1) is 17.8 Å². The van der Waals surface area contributed by atoms with Crippen molar-refractivity contribution < 1.29 is 19.3 Å². The van der Waals surface area contributed by atoms with Crippen LogP contribution in [0.25, 0.3) is 16.3 Å². The van der Waals surface area contributed by atoms with Gasteiger partial charge in [0, 0.05) is 35.7 Å². The summed E-state index contributed by atoms with van der Waals surface area (Å²) in [6, 6.07) is 8.43. The second kappa shape index (κ2) is 7.37. The Morgan fingerprint density at radius 1 is 1.03 bits per heavy atom. The highest BCUT2D eigenvalue weighted by molar-refractivity contribution is 5.87. The number of benzene rings is 1. The smallest absolute Gasteiger partial charge is 0.140 e. The molecule has 6 heteroatoms. The highest BCUT2D eigenvalue weighted by Crippen LogP contribution is 2.72. The Morgan fingerprint density at radius 3 is 2.67 bits per heavy atom. The normalized spacial score (nSPS) is 47.4. The van der Waals surface area contributed by atoms with Crippen LogP contribution in [0.2, 0.25) is 0 Å². The minimum absolute atomic E-state index is 0.0639. The van der Waals surface area contributed by atoms with E-state index >= 15 is 4.39 Å². The number of hydrogen-bond acceptors (Lipinski definition) is 5. The molecule has 9 unspecified atom stereocenters. The first kappa shape index (κ1) is 23.3. The summed E-state index contributed by atoms with van der Waals surface area (Å²) in [6.07, 6.45) is 8.60. The van der Waals surface area contributed by atoms with E-state index in [9.17, 15) is 10.2 Å². The van der Waals surface area contributed by atoms with E-state index in [0.717, 1.165) is 24.6 Å². The van der Waals surface area contributed by atoms with Gasteiger partial charge in [-0.25, -0.2) is 4.39 Å². The standard InChI is InChI=1S/C30H37FN2O3/c1-27-9-11-29(31)15-22-25(34)26(35)23(33(2)3)16-28(22)10-12-30(29,36-28)24(27)7-6-21(27)19-4-5-20-17-32-13-8-18(20)14-19/h4-6,8,13-14,17,22-26,34-35H,7,9-12,15-16H2,1-3H3. The third kappa shape index (κ3) is 2.77. The van der Waals surface area contributed by atoms with E-state index < -0.39 is 29.1 Å². The van der Waals surface area contributed by atoms with Crippen LogP contribution in [-0.4, -0.2) is 69.3 Å². The summed E-state index contributed by atoms with van der Waals surface area (Å²) in [4.78, 5) is 6.23. The first-order valence-corrected chi connectivity index (χ1v) is 13.6. The summed E-state index contributed by atoms with van der Waals surface area (Å²) in [6.45, 7) is 2.32. The molecule has 2 saturated heterocycles. The molecule has 1 aromatic carbocycles. The van der Waals surface area contributed by atoms with Gasteiger partial charge in [0.1, 0.15) is 11.3 Å². The number of halogens is 1. The van der Waals surface area contributed by atoms with Gasteiger partial charge >= 0.3 is 0 Å². The third-order valence-electron chi connectivity index (χ3n) is 11.2. The summed E-state index contributed by atoms with van der Waals surface area (Å²) >= 11 is 0. The van der Waals surface area contributed by atoms with Crippen LogP contribution in [0.4, 0.5) is 4.39 Å². The Morgan fingerprint density at radius 2 is 1.86 bits per heavy atom. The molecule has 1 aromatic heterocycles. The first-order valence-electron chi connectivity index (χ1n) is 13.6. The number of fused-ring (bicyclic) bond motifs is 2. The number of aromatic nitrogens is 1. The molecule has 5 aliphatic rings. The van der Waals surface area contributed by atoms with E-state index in [4.69, 9.17) is 4.74 Å². The Labute approximate surface area is 212 Å². The van der Waals surface area contributed by atoms with Crippen LogP contribution in [0.3, 0.4) is 0 Å². The molecule has 2 N–H and O–H groups in total. The number of allylic oxidation sites excluding steroid dienone is 2. The van der Waals surface area contributed by atoms with Crippen molar-refractivity contribution in [1.29, 1.82) is 0 Å². The van der Waals surface area contributed by atoms with E-state index in [2.05, 4.69) is 42.2 Å². The number of aliphatic hydroxyl groups is 2. The van der Waals surface area contributed by atoms with Gasteiger partial charge in [-0.3, -0.25) is 4.98 Å². The van der Waals surface area contributed by atoms with Gasteiger partial charge in [0.15, 0.2) is 0 Å². The van der Waals surface area contributed by atoms with Crippen molar-refractivity contribution in [3.8, 4) is 0 Å². The maximum absolute atomic E-state index is 17.2. The fraction of sp³-hybridized carbons (Fsp3) is 0.633. The summed E-state index contributed by atoms with van der Waals surface area (Å²) in [7, 11) is 3.88. The second-order valence-electron chi connectivity index (χ2n) is 12.8. The van der Waals surface area contributed by atoms with Crippen molar-refractivity contribution in [2.24, 2.45) is 17.3 Å². The molecule has 2 bridgehead atoms. The monoisotopic (exact) mass is 492 g/mol. The second-order valence-corrected chi connectivity index (χ2v) is 12.8. The Bertz CT molecular complexity index is 1270. The molecular formula is C30H37FN2O3. The quantitative estimate of drug-likeness (QED) is 0.646. The lowest BCUT2D eigenvalue weighted by Gasteiger charge is -2.64. The maximum atomic E-state index is 17.2. The summed E-state index contributed by atoms with van der Waals surface area (Å²) in [5, 5.41) is 24.4. The zero-order valence-corrected chi connectivity index (χ0v) is 21.5. The number of likely N-dealkylation sites (N-methyl/N-ethyl adjacent to an activating group) is 1. The first-order chi connectivity index (χ1) is 17.1. The number of rotatable bonds is 2. The van der Waals surface area contributed by atoms with Gasteiger partial charge in [-0.15, -0.1) is 0 Å². The Balaban J connectivity index is 1.27. The van der Waals surface area contributed by atoms with E-state index in [1.54, 1.807) is 0 Å². The summed E-state index contributed by atoms with van der Waals surface area (Å²) < 4.78 is 24.3. The molecule has 0 radical (unpaired) electrons. The lowest BCUT2D eigenvalue weighted by atomic mass is 9.51. The highest BCUT2D eigenvalue weighted by atomic mass is 19.1. The lowest BCUT2D eigenvalue weighted by Crippen LogP contribution is -2.72. The van der Waals surface area contributed by atoms with Crippen molar-refractivity contribution in [1.82, 2.24) is 9.88 Å². The zero-order valence-electron chi connectivity index (χ0n) is 21.5. The van der Waals surface area contributed by atoms with Gasteiger partial charge in [-0.2, -0.15) is 0 Å². The molecular weight excluding hydrogens is 455 g/mol. The minimum Gasteiger partial charge on any atom is -0.390 e. The largest absolute Gasteiger partial charge is 0.390 e. The van der Waals surface area contributed by atoms with Gasteiger partial charge in [0.2, 0.25) is 0 Å². The molecule has 2 aliphatic heterocycles.